The van der Waals surface area contributed by atoms with Crippen LogP contribution in [-0.4, -0.2) is 12.8 Å². The van der Waals surface area contributed by atoms with Gasteiger partial charge in [-0.2, -0.15) is 13.2 Å². The van der Waals surface area contributed by atoms with Crippen molar-refractivity contribution in [2.75, 3.05) is 6.61 Å². The lowest BCUT2D eigenvalue weighted by Gasteiger charge is -2.28. The van der Waals surface area contributed by atoms with E-state index in [9.17, 15) is 22.0 Å². The van der Waals surface area contributed by atoms with Gasteiger partial charge >= 0.3 is 6.18 Å². The third kappa shape index (κ3) is 5.09. The zero-order valence-corrected chi connectivity index (χ0v) is 16.2. The Hall–Kier alpha value is -2.64. The van der Waals surface area contributed by atoms with Gasteiger partial charge in [-0.05, 0) is 42.0 Å². The first-order valence-electron chi connectivity index (χ1n) is 8.80. The average Bonchev–Trinajstić information content (AvgIpc) is 2.70. The smallest absolute Gasteiger partial charge is 0.429 e. The Balaban J connectivity index is 1.72. The predicted molar refractivity (Wildman–Crippen MR) is 103 cm³/mol. The number of rotatable bonds is 7. The van der Waals surface area contributed by atoms with E-state index in [1.165, 1.54) is 24.3 Å². The fraction of sp³-hybridized carbons (Fsp3) is 0.182. The standard InChI is InChI=1S/C22H16ClF5O2/c23-17-9-7-16(8-10-17)21(25,22(26,27)28)14-29-13-15-6-11-19(24)20(12-15)30-18-4-2-1-3-5-18/h1-12H,13-14H2. The van der Waals surface area contributed by atoms with Gasteiger partial charge < -0.3 is 9.47 Å². The summed E-state index contributed by atoms with van der Waals surface area (Å²) in [5, 5.41) is 0.182. The van der Waals surface area contributed by atoms with Crippen LogP contribution in [0.5, 0.6) is 11.5 Å². The molecule has 3 aromatic carbocycles. The number of hydrogen-bond acceptors (Lipinski definition) is 2. The van der Waals surface area contributed by atoms with Crippen molar-refractivity contribution in [2.24, 2.45) is 0 Å². The lowest BCUT2D eigenvalue weighted by Crippen LogP contribution is -2.42. The highest BCUT2D eigenvalue weighted by atomic mass is 35.5. The van der Waals surface area contributed by atoms with Crippen molar-refractivity contribution in [3.05, 3.63) is 94.8 Å². The Bertz CT molecular complexity index is 977. The molecule has 0 saturated heterocycles. The molecule has 0 heterocycles. The van der Waals surface area contributed by atoms with Gasteiger partial charge in [0.2, 0.25) is 0 Å². The van der Waals surface area contributed by atoms with E-state index in [4.69, 9.17) is 21.1 Å². The number of para-hydroxylation sites is 1. The van der Waals surface area contributed by atoms with Crippen molar-refractivity contribution in [1.82, 2.24) is 0 Å². The first-order chi connectivity index (χ1) is 14.2. The largest absolute Gasteiger partial charge is 0.454 e. The number of halogens is 6. The Morgan fingerprint density at radius 1 is 0.833 bits per heavy atom. The van der Waals surface area contributed by atoms with E-state index in [-0.39, 0.29) is 17.4 Å². The van der Waals surface area contributed by atoms with E-state index in [0.29, 0.717) is 11.3 Å². The summed E-state index contributed by atoms with van der Waals surface area (Å²) in [6, 6.07) is 16.4. The Labute approximate surface area is 174 Å². The molecule has 158 valence electrons. The van der Waals surface area contributed by atoms with Crippen LogP contribution in [0, 0.1) is 5.82 Å². The normalized spacial score (nSPS) is 13.7. The number of hydrogen-bond donors (Lipinski definition) is 0. The molecule has 0 amide bonds. The summed E-state index contributed by atoms with van der Waals surface area (Å²) in [4.78, 5) is 0. The summed E-state index contributed by atoms with van der Waals surface area (Å²) in [5.41, 5.74) is -4.02. The van der Waals surface area contributed by atoms with Crippen LogP contribution in [0.4, 0.5) is 22.0 Å². The fourth-order valence-electron chi connectivity index (χ4n) is 2.68. The predicted octanol–water partition coefficient (Wildman–Crippen LogP) is 7.22. The van der Waals surface area contributed by atoms with Crippen molar-refractivity contribution in [3.63, 3.8) is 0 Å². The maximum atomic E-state index is 14.9. The molecule has 1 unspecified atom stereocenters. The summed E-state index contributed by atoms with van der Waals surface area (Å²) in [5.74, 6) is -0.390. The molecule has 2 nitrogen and oxygen atoms in total. The molecule has 0 aromatic heterocycles. The van der Waals surface area contributed by atoms with E-state index in [1.54, 1.807) is 30.3 Å². The average molecular weight is 443 g/mol. The lowest BCUT2D eigenvalue weighted by atomic mass is 9.96. The van der Waals surface area contributed by atoms with Gasteiger partial charge in [0.25, 0.3) is 5.67 Å². The minimum absolute atomic E-state index is 0.123. The Morgan fingerprint density at radius 2 is 1.50 bits per heavy atom. The molecule has 1 atom stereocenters. The van der Waals surface area contributed by atoms with Gasteiger partial charge in [-0.3, -0.25) is 0 Å². The first kappa shape index (κ1) is 22.1. The Morgan fingerprint density at radius 3 is 2.13 bits per heavy atom. The zero-order chi connectivity index (χ0) is 21.8. The van der Waals surface area contributed by atoms with E-state index in [0.717, 1.165) is 18.2 Å². The monoisotopic (exact) mass is 442 g/mol. The third-order valence-electron chi connectivity index (χ3n) is 4.29. The van der Waals surface area contributed by atoms with Gasteiger partial charge in [-0.15, -0.1) is 0 Å². The van der Waals surface area contributed by atoms with Gasteiger partial charge in [-0.1, -0.05) is 48.0 Å². The number of alkyl halides is 4. The van der Waals surface area contributed by atoms with Crippen LogP contribution in [0.15, 0.2) is 72.8 Å². The molecular weight excluding hydrogens is 427 g/mol. The zero-order valence-electron chi connectivity index (χ0n) is 15.4. The molecule has 0 spiro atoms. The highest BCUT2D eigenvalue weighted by Gasteiger charge is 2.57. The molecule has 0 saturated carbocycles. The maximum Gasteiger partial charge on any atom is 0.429 e. The molecule has 0 N–H and O–H groups in total. The molecule has 0 fully saturated rings. The van der Waals surface area contributed by atoms with Gasteiger partial charge in [0.1, 0.15) is 5.75 Å². The maximum absolute atomic E-state index is 14.9. The van der Waals surface area contributed by atoms with Gasteiger partial charge in [0.15, 0.2) is 11.6 Å². The minimum atomic E-state index is -5.20. The van der Waals surface area contributed by atoms with Crippen molar-refractivity contribution < 1.29 is 31.4 Å². The van der Waals surface area contributed by atoms with Crippen LogP contribution in [0.2, 0.25) is 5.02 Å². The highest BCUT2D eigenvalue weighted by Crippen LogP contribution is 2.43. The SMILES string of the molecule is Fc1ccc(COCC(F)(c2ccc(Cl)cc2)C(F)(F)F)cc1Oc1ccccc1. The third-order valence-corrected chi connectivity index (χ3v) is 4.54. The van der Waals surface area contributed by atoms with E-state index < -0.39 is 29.8 Å². The minimum Gasteiger partial charge on any atom is -0.454 e. The summed E-state index contributed by atoms with van der Waals surface area (Å²) in [6.45, 7) is -1.65. The molecule has 0 aliphatic heterocycles. The molecule has 0 aliphatic rings. The van der Waals surface area contributed by atoms with Gasteiger partial charge in [-0.25, -0.2) is 8.78 Å². The van der Waals surface area contributed by atoms with Gasteiger partial charge in [0.05, 0.1) is 13.2 Å². The van der Waals surface area contributed by atoms with Crippen molar-refractivity contribution in [1.29, 1.82) is 0 Å². The van der Waals surface area contributed by atoms with Crippen molar-refractivity contribution in [3.8, 4) is 11.5 Å². The molecule has 3 aromatic rings. The van der Waals surface area contributed by atoms with Crippen molar-refractivity contribution >= 4 is 11.6 Å². The van der Waals surface area contributed by atoms with Crippen molar-refractivity contribution in [2.45, 2.75) is 18.5 Å². The first-order valence-corrected chi connectivity index (χ1v) is 9.17. The van der Waals surface area contributed by atoms with Crippen LogP contribution in [0.1, 0.15) is 11.1 Å². The summed E-state index contributed by atoms with van der Waals surface area (Å²) in [6.07, 6.45) is -5.20. The van der Waals surface area contributed by atoms with Gasteiger partial charge in [0, 0.05) is 10.6 Å². The fourth-order valence-corrected chi connectivity index (χ4v) is 2.81. The van der Waals surface area contributed by atoms with Crippen LogP contribution < -0.4 is 4.74 Å². The van der Waals surface area contributed by atoms with E-state index >= 15 is 0 Å². The molecule has 0 radical (unpaired) electrons. The summed E-state index contributed by atoms with van der Waals surface area (Å²) >= 11 is 5.67. The van der Waals surface area contributed by atoms with E-state index in [2.05, 4.69) is 0 Å². The molecular formula is C22H16ClF5O2. The van der Waals surface area contributed by atoms with Crippen LogP contribution in [-0.2, 0) is 17.0 Å². The Kier molecular flexibility index (Phi) is 6.63. The second-order valence-electron chi connectivity index (χ2n) is 6.48. The molecule has 0 aliphatic carbocycles. The lowest BCUT2D eigenvalue weighted by molar-refractivity contribution is -0.252. The number of ether oxygens (including phenoxy) is 2. The summed E-state index contributed by atoms with van der Waals surface area (Å²) < 4.78 is 79.6. The second kappa shape index (κ2) is 9.02. The molecule has 0 bridgehead atoms. The highest BCUT2D eigenvalue weighted by molar-refractivity contribution is 6.30. The summed E-state index contributed by atoms with van der Waals surface area (Å²) in [7, 11) is 0. The molecule has 3 rings (SSSR count). The van der Waals surface area contributed by atoms with Crippen LogP contribution in [0.25, 0.3) is 0 Å². The second-order valence-corrected chi connectivity index (χ2v) is 6.91. The topological polar surface area (TPSA) is 18.5 Å². The van der Waals surface area contributed by atoms with Crippen LogP contribution >= 0.6 is 11.6 Å². The number of benzene rings is 3. The molecule has 30 heavy (non-hydrogen) atoms. The van der Waals surface area contributed by atoms with Crippen LogP contribution in [0.3, 0.4) is 0 Å². The van der Waals surface area contributed by atoms with E-state index in [1.807, 2.05) is 0 Å². The quantitative estimate of drug-likeness (QED) is 0.360. The molecule has 8 heteroatoms.